The molecular formula is C15H14Cl2N6. The van der Waals surface area contributed by atoms with Crippen molar-refractivity contribution in [2.45, 2.75) is 20.8 Å². The molecule has 3 rings (SSSR count). The molecule has 0 fully saturated rings. The van der Waals surface area contributed by atoms with Crippen molar-refractivity contribution in [1.82, 2.24) is 24.7 Å². The molecule has 0 saturated carbocycles. The lowest BCUT2D eigenvalue weighted by Gasteiger charge is -2.04. The van der Waals surface area contributed by atoms with Crippen LogP contribution in [0.4, 0.5) is 0 Å². The van der Waals surface area contributed by atoms with Crippen molar-refractivity contribution in [3.8, 4) is 5.95 Å². The van der Waals surface area contributed by atoms with Crippen molar-refractivity contribution < 1.29 is 0 Å². The zero-order valence-corrected chi connectivity index (χ0v) is 14.3. The van der Waals surface area contributed by atoms with Gasteiger partial charge in [0.25, 0.3) is 5.95 Å². The lowest BCUT2D eigenvalue weighted by molar-refractivity contribution is 0.708. The van der Waals surface area contributed by atoms with Crippen LogP contribution in [0.5, 0.6) is 0 Å². The molecule has 118 valence electrons. The Balaban J connectivity index is 2.02. The van der Waals surface area contributed by atoms with E-state index in [1.54, 1.807) is 33.8 Å². The molecule has 0 unspecified atom stereocenters. The predicted octanol–water partition coefficient (Wildman–Crippen LogP) is 3.58. The second-order valence-corrected chi connectivity index (χ2v) is 5.95. The Morgan fingerprint density at radius 3 is 2.52 bits per heavy atom. The average molecular weight is 349 g/mol. The highest BCUT2D eigenvalue weighted by Gasteiger charge is 2.13. The molecule has 8 heteroatoms. The minimum Gasteiger partial charge on any atom is -0.202 e. The second-order valence-electron chi connectivity index (χ2n) is 5.11. The zero-order chi connectivity index (χ0) is 16.6. The standard InChI is InChI=1S/C15H14Cl2N6/c1-9-6-10(2)22(21-9)15-20-19-11(3)23(15)18-8-12-4-5-13(16)7-14(12)17/h4-8H,1-3H3/b18-8+. The van der Waals surface area contributed by atoms with Gasteiger partial charge in [-0.25, -0.2) is 4.68 Å². The van der Waals surface area contributed by atoms with E-state index in [4.69, 9.17) is 23.2 Å². The van der Waals surface area contributed by atoms with Gasteiger partial charge in [-0.2, -0.15) is 14.9 Å². The normalized spacial score (nSPS) is 11.5. The summed E-state index contributed by atoms with van der Waals surface area (Å²) in [5, 5.41) is 18.2. The largest absolute Gasteiger partial charge is 0.273 e. The third-order valence-corrected chi connectivity index (χ3v) is 3.82. The van der Waals surface area contributed by atoms with Crippen LogP contribution in [0.15, 0.2) is 29.4 Å². The van der Waals surface area contributed by atoms with Crippen LogP contribution < -0.4 is 0 Å². The van der Waals surface area contributed by atoms with Gasteiger partial charge in [0.1, 0.15) is 0 Å². The maximum absolute atomic E-state index is 6.16. The van der Waals surface area contributed by atoms with E-state index in [1.165, 1.54) is 0 Å². The van der Waals surface area contributed by atoms with E-state index in [1.807, 2.05) is 26.8 Å². The summed E-state index contributed by atoms with van der Waals surface area (Å²) in [7, 11) is 0. The molecule has 2 aromatic heterocycles. The molecule has 0 radical (unpaired) electrons. The molecular weight excluding hydrogens is 335 g/mol. The maximum Gasteiger partial charge on any atom is 0.273 e. The van der Waals surface area contributed by atoms with Gasteiger partial charge in [0.15, 0.2) is 5.82 Å². The van der Waals surface area contributed by atoms with E-state index < -0.39 is 0 Å². The summed E-state index contributed by atoms with van der Waals surface area (Å²) in [5.74, 6) is 1.17. The number of aromatic nitrogens is 5. The van der Waals surface area contributed by atoms with Crippen LogP contribution in [0.25, 0.3) is 5.95 Å². The average Bonchev–Trinajstić information content (AvgIpc) is 3.00. The van der Waals surface area contributed by atoms with Crippen molar-refractivity contribution in [3.05, 3.63) is 57.1 Å². The Labute approximate surface area is 143 Å². The molecule has 0 spiro atoms. The third-order valence-electron chi connectivity index (χ3n) is 3.25. The molecule has 1 aromatic carbocycles. The van der Waals surface area contributed by atoms with Gasteiger partial charge in [-0.1, -0.05) is 29.3 Å². The Morgan fingerprint density at radius 2 is 1.87 bits per heavy atom. The van der Waals surface area contributed by atoms with Crippen molar-refractivity contribution in [3.63, 3.8) is 0 Å². The fourth-order valence-electron chi connectivity index (χ4n) is 2.17. The summed E-state index contributed by atoms with van der Waals surface area (Å²) < 4.78 is 3.32. The SMILES string of the molecule is Cc1cc(C)n(-c2nnc(C)n2/N=C/c2ccc(Cl)cc2Cl)n1. The summed E-state index contributed by atoms with van der Waals surface area (Å²) in [5.41, 5.74) is 2.61. The molecule has 3 aromatic rings. The van der Waals surface area contributed by atoms with E-state index >= 15 is 0 Å². The molecule has 0 aliphatic carbocycles. The first-order valence-corrected chi connectivity index (χ1v) is 7.66. The maximum atomic E-state index is 6.16. The third kappa shape index (κ3) is 3.13. The molecule has 0 N–H and O–H groups in total. The molecule has 0 aliphatic rings. The first kappa shape index (κ1) is 15.7. The Morgan fingerprint density at radius 1 is 1.09 bits per heavy atom. The van der Waals surface area contributed by atoms with Gasteiger partial charge in [-0.15, -0.1) is 10.2 Å². The molecule has 0 amide bonds. The summed E-state index contributed by atoms with van der Waals surface area (Å²) >= 11 is 12.1. The van der Waals surface area contributed by atoms with Gasteiger partial charge >= 0.3 is 0 Å². The molecule has 2 heterocycles. The number of hydrogen-bond donors (Lipinski definition) is 0. The smallest absolute Gasteiger partial charge is 0.202 e. The van der Waals surface area contributed by atoms with Crippen LogP contribution in [-0.4, -0.2) is 30.9 Å². The monoisotopic (exact) mass is 348 g/mol. The summed E-state index contributed by atoms with van der Waals surface area (Å²) in [6.45, 7) is 5.70. The number of rotatable bonds is 3. The van der Waals surface area contributed by atoms with Crippen molar-refractivity contribution in [2.24, 2.45) is 5.10 Å². The number of benzene rings is 1. The molecule has 0 aliphatic heterocycles. The van der Waals surface area contributed by atoms with Crippen molar-refractivity contribution >= 4 is 29.4 Å². The molecule has 6 nitrogen and oxygen atoms in total. The quantitative estimate of drug-likeness (QED) is 0.679. The highest BCUT2D eigenvalue weighted by molar-refractivity contribution is 6.36. The fraction of sp³-hybridized carbons (Fsp3) is 0.200. The number of hydrogen-bond acceptors (Lipinski definition) is 4. The van der Waals surface area contributed by atoms with Crippen molar-refractivity contribution in [1.29, 1.82) is 0 Å². The highest BCUT2D eigenvalue weighted by Crippen LogP contribution is 2.20. The summed E-state index contributed by atoms with van der Waals surface area (Å²) in [6, 6.07) is 7.20. The second kappa shape index (κ2) is 6.14. The van der Waals surface area contributed by atoms with E-state index in [0.29, 0.717) is 21.8 Å². The van der Waals surface area contributed by atoms with Crippen LogP contribution in [0.1, 0.15) is 22.8 Å². The van der Waals surface area contributed by atoms with Crippen molar-refractivity contribution in [2.75, 3.05) is 0 Å². The Kier molecular flexibility index (Phi) is 4.19. The number of aryl methyl sites for hydroxylation is 3. The predicted molar refractivity (Wildman–Crippen MR) is 90.8 cm³/mol. The lowest BCUT2D eigenvalue weighted by Crippen LogP contribution is -2.08. The number of nitrogens with zero attached hydrogens (tertiary/aromatic N) is 6. The summed E-state index contributed by atoms with van der Waals surface area (Å²) in [4.78, 5) is 0. The van der Waals surface area contributed by atoms with Gasteiger partial charge in [0.05, 0.1) is 16.9 Å². The van der Waals surface area contributed by atoms with Gasteiger partial charge < -0.3 is 0 Å². The van der Waals surface area contributed by atoms with Crippen LogP contribution in [-0.2, 0) is 0 Å². The van der Waals surface area contributed by atoms with Gasteiger partial charge in [-0.05, 0) is 39.0 Å². The number of halogens is 2. The fourth-order valence-corrected chi connectivity index (χ4v) is 2.63. The molecule has 0 atom stereocenters. The first-order chi connectivity index (χ1) is 11.0. The van der Waals surface area contributed by atoms with Crippen LogP contribution in [0.2, 0.25) is 10.0 Å². The molecule has 0 saturated heterocycles. The Bertz CT molecular complexity index is 894. The van der Waals surface area contributed by atoms with Gasteiger partial charge in [0, 0.05) is 16.3 Å². The van der Waals surface area contributed by atoms with Crippen LogP contribution in [0.3, 0.4) is 0 Å². The minimum absolute atomic E-state index is 0.523. The van der Waals surface area contributed by atoms with Gasteiger partial charge in [0.2, 0.25) is 0 Å². The Hall–Kier alpha value is -2.18. The molecule has 0 bridgehead atoms. The highest BCUT2D eigenvalue weighted by atomic mass is 35.5. The molecule has 23 heavy (non-hydrogen) atoms. The topological polar surface area (TPSA) is 60.9 Å². The van der Waals surface area contributed by atoms with E-state index in [9.17, 15) is 0 Å². The van der Waals surface area contributed by atoms with Crippen LogP contribution in [0, 0.1) is 20.8 Å². The van der Waals surface area contributed by atoms with E-state index in [-0.39, 0.29) is 0 Å². The lowest BCUT2D eigenvalue weighted by atomic mass is 10.2. The van der Waals surface area contributed by atoms with E-state index in [0.717, 1.165) is 17.0 Å². The summed E-state index contributed by atoms with van der Waals surface area (Å²) in [6.07, 6.45) is 1.64. The first-order valence-electron chi connectivity index (χ1n) is 6.91. The van der Waals surface area contributed by atoms with Crippen LogP contribution >= 0.6 is 23.2 Å². The zero-order valence-electron chi connectivity index (χ0n) is 12.8. The minimum atomic E-state index is 0.523. The van der Waals surface area contributed by atoms with Gasteiger partial charge in [-0.3, -0.25) is 0 Å². The van der Waals surface area contributed by atoms with E-state index in [2.05, 4.69) is 20.4 Å².